The summed E-state index contributed by atoms with van der Waals surface area (Å²) in [6.07, 6.45) is 1.07. The van der Waals surface area contributed by atoms with Gasteiger partial charge in [0.15, 0.2) is 9.84 Å². The molecule has 0 aliphatic rings. The van der Waals surface area contributed by atoms with E-state index < -0.39 is 15.7 Å². The number of carbonyl (C=O) groups is 1. The van der Waals surface area contributed by atoms with Crippen LogP contribution in [-0.4, -0.2) is 20.6 Å². The van der Waals surface area contributed by atoms with Gasteiger partial charge in [0.05, 0.1) is 4.90 Å². The summed E-state index contributed by atoms with van der Waals surface area (Å²) in [6, 6.07) is 11.3. The van der Waals surface area contributed by atoms with Gasteiger partial charge in [0.25, 0.3) is 5.91 Å². The fourth-order valence-corrected chi connectivity index (χ4v) is 2.75. The minimum atomic E-state index is -3.42. The molecule has 2 rings (SSSR count). The molecule has 0 aliphatic carbocycles. The van der Waals surface area contributed by atoms with Crippen LogP contribution in [0.3, 0.4) is 0 Å². The zero-order valence-electron chi connectivity index (χ0n) is 11.1. The predicted molar refractivity (Wildman–Crippen MR) is 91.1 cm³/mol. The zero-order valence-corrected chi connectivity index (χ0v) is 14.1. The Balaban J connectivity index is 2.31. The molecule has 5 nitrogen and oxygen atoms in total. The summed E-state index contributed by atoms with van der Waals surface area (Å²) in [5, 5.41) is 2.70. The number of nitrogens with one attached hydrogen (secondary N) is 1. The number of sulfone groups is 1. The van der Waals surface area contributed by atoms with E-state index in [1.807, 2.05) is 12.1 Å². The summed E-state index contributed by atoms with van der Waals surface area (Å²) in [6.45, 7) is 0. The molecule has 0 heterocycles. The molecule has 2 aromatic carbocycles. The SMILES string of the molecule is CS(=O)(=O)c1cc(N)cc(C(=O)Nc2ccc(I)cc2)c1. The van der Waals surface area contributed by atoms with E-state index in [2.05, 4.69) is 27.9 Å². The second kappa shape index (κ2) is 6.02. The molecule has 0 aromatic heterocycles. The van der Waals surface area contributed by atoms with Crippen LogP contribution in [0.25, 0.3) is 0 Å². The summed E-state index contributed by atoms with van der Waals surface area (Å²) in [5.74, 6) is -0.409. The van der Waals surface area contributed by atoms with Gasteiger partial charge in [-0.05, 0) is 65.1 Å². The van der Waals surface area contributed by atoms with Crippen molar-refractivity contribution in [2.45, 2.75) is 4.90 Å². The summed E-state index contributed by atoms with van der Waals surface area (Å²) in [4.78, 5) is 12.2. The molecule has 1 amide bonds. The maximum Gasteiger partial charge on any atom is 0.255 e. The molecule has 0 aliphatic heterocycles. The van der Waals surface area contributed by atoms with Crippen LogP contribution in [0, 0.1) is 3.57 Å². The van der Waals surface area contributed by atoms with Crippen LogP contribution in [-0.2, 0) is 9.84 Å². The fraction of sp³-hybridized carbons (Fsp3) is 0.0714. The Bertz CT molecular complexity index is 786. The Hall–Kier alpha value is -1.61. The number of nitrogen functional groups attached to an aromatic ring is 1. The number of halogens is 1. The van der Waals surface area contributed by atoms with Gasteiger partial charge in [0.1, 0.15) is 0 Å². The lowest BCUT2D eigenvalue weighted by Gasteiger charge is -2.08. The van der Waals surface area contributed by atoms with Gasteiger partial charge in [0, 0.05) is 26.8 Å². The smallest absolute Gasteiger partial charge is 0.255 e. The first-order chi connectivity index (χ1) is 9.75. The average molecular weight is 416 g/mol. The quantitative estimate of drug-likeness (QED) is 0.595. The van der Waals surface area contributed by atoms with Gasteiger partial charge in [-0.25, -0.2) is 8.42 Å². The summed E-state index contributed by atoms with van der Waals surface area (Å²) < 4.78 is 24.2. The van der Waals surface area contributed by atoms with Crippen molar-refractivity contribution >= 4 is 49.7 Å². The van der Waals surface area contributed by atoms with Crippen LogP contribution < -0.4 is 11.1 Å². The van der Waals surface area contributed by atoms with Crippen LogP contribution in [0.4, 0.5) is 11.4 Å². The van der Waals surface area contributed by atoms with Crippen LogP contribution in [0.5, 0.6) is 0 Å². The van der Waals surface area contributed by atoms with Crippen molar-refractivity contribution in [1.82, 2.24) is 0 Å². The van der Waals surface area contributed by atoms with Crippen molar-refractivity contribution in [2.24, 2.45) is 0 Å². The van der Waals surface area contributed by atoms with E-state index in [1.165, 1.54) is 18.2 Å². The van der Waals surface area contributed by atoms with Crippen molar-refractivity contribution in [3.63, 3.8) is 0 Å². The van der Waals surface area contributed by atoms with Crippen LogP contribution in [0.1, 0.15) is 10.4 Å². The lowest BCUT2D eigenvalue weighted by molar-refractivity contribution is 0.102. The van der Waals surface area contributed by atoms with Gasteiger partial charge in [-0.15, -0.1) is 0 Å². The molecular formula is C14H13IN2O3S. The third-order valence-corrected chi connectivity index (χ3v) is 4.53. The minimum Gasteiger partial charge on any atom is -0.399 e. The van der Waals surface area contributed by atoms with Crippen LogP contribution in [0.15, 0.2) is 47.4 Å². The third-order valence-electron chi connectivity index (χ3n) is 2.72. The molecule has 0 saturated heterocycles. The molecule has 0 atom stereocenters. The first kappa shape index (κ1) is 15.8. The Morgan fingerprint density at radius 2 is 1.76 bits per heavy atom. The second-order valence-electron chi connectivity index (χ2n) is 4.52. The number of hydrogen-bond donors (Lipinski definition) is 2. The van der Waals surface area contributed by atoms with Crippen molar-refractivity contribution in [3.8, 4) is 0 Å². The number of hydrogen-bond acceptors (Lipinski definition) is 4. The molecule has 3 N–H and O–H groups in total. The summed E-state index contributed by atoms with van der Waals surface area (Å²) in [5.41, 5.74) is 6.72. The predicted octanol–water partition coefficient (Wildman–Crippen LogP) is 2.53. The lowest BCUT2D eigenvalue weighted by Crippen LogP contribution is -2.13. The largest absolute Gasteiger partial charge is 0.399 e. The third kappa shape index (κ3) is 4.18. The van der Waals surface area contributed by atoms with Crippen molar-refractivity contribution in [2.75, 3.05) is 17.3 Å². The molecule has 0 bridgehead atoms. The Morgan fingerprint density at radius 3 is 2.33 bits per heavy atom. The monoisotopic (exact) mass is 416 g/mol. The highest BCUT2D eigenvalue weighted by Crippen LogP contribution is 2.18. The van der Waals surface area contributed by atoms with Crippen molar-refractivity contribution in [3.05, 3.63) is 51.6 Å². The first-order valence-corrected chi connectivity index (χ1v) is 8.90. The summed E-state index contributed by atoms with van der Waals surface area (Å²) in [7, 11) is -3.42. The van der Waals surface area contributed by atoms with Crippen molar-refractivity contribution < 1.29 is 13.2 Å². The summed E-state index contributed by atoms with van der Waals surface area (Å²) >= 11 is 2.16. The number of rotatable bonds is 3. The normalized spacial score (nSPS) is 11.1. The van der Waals surface area contributed by atoms with Gasteiger partial charge in [-0.2, -0.15) is 0 Å². The molecule has 0 unspecified atom stereocenters. The maximum atomic E-state index is 12.2. The fourth-order valence-electron chi connectivity index (χ4n) is 1.70. The molecule has 7 heteroatoms. The highest BCUT2D eigenvalue weighted by Gasteiger charge is 2.13. The zero-order chi connectivity index (χ0) is 15.6. The highest BCUT2D eigenvalue weighted by atomic mass is 127. The number of anilines is 2. The van der Waals surface area contributed by atoms with E-state index in [0.717, 1.165) is 9.83 Å². The number of carbonyl (C=O) groups excluding carboxylic acids is 1. The van der Waals surface area contributed by atoms with Gasteiger partial charge >= 0.3 is 0 Å². The number of amides is 1. The van der Waals surface area contributed by atoms with E-state index >= 15 is 0 Å². The molecule has 2 aromatic rings. The molecule has 21 heavy (non-hydrogen) atoms. The minimum absolute atomic E-state index is 0.0234. The average Bonchev–Trinajstić information content (AvgIpc) is 2.39. The second-order valence-corrected chi connectivity index (χ2v) is 7.79. The van der Waals surface area contributed by atoms with Crippen LogP contribution >= 0.6 is 22.6 Å². The molecule has 0 fully saturated rings. The highest BCUT2D eigenvalue weighted by molar-refractivity contribution is 14.1. The van der Waals surface area contributed by atoms with Gasteiger partial charge in [-0.3, -0.25) is 4.79 Å². The van der Waals surface area contributed by atoms with E-state index in [4.69, 9.17) is 5.73 Å². The molecule has 0 saturated carbocycles. The van der Waals surface area contributed by atoms with E-state index in [1.54, 1.807) is 12.1 Å². The lowest BCUT2D eigenvalue weighted by atomic mass is 10.2. The van der Waals surface area contributed by atoms with E-state index in [0.29, 0.717) is 5.69 Å². The number of benzene rings is 2. The molecular weight excluding hydrogens is 403 g/mol. The Kier molecular flexibility index (Phi) is 4.52. The topological polar surface area (TPSA) is 89.3 Å². The van der Waals surface area contributed by atoms with Gasteiger partial charge in [-0.1, -0.05) is 0 Å². The molecule has 110 valence electrons. The molecule has 0 radical (unpaired) electrons. The number of nitrogens with two attached hydrogens (primary N) is 1. The standard InChI is InChI=1S/C14H13IN2O3S/c1-21(19,20)13-7-9(6-11(16)8-13)14(18)17-12-4-2-10(15)3-5-12/h2-8H,16H2,1H3,(H,17,18). The van der Waals surface area contributed by atoms with Crippen molar-refractivity contribution in [1.29, 1.82) is 0 Å². The Labute approximate surface area is 136 Å². The maximum absolute atomic E-state index is 12.2. The van der Waals surface area contributed by atoms with Gasteiger partial charge < -0.3 is 11.1 Å². The first-order valence-electron chi connectivity index (χ1n) is 5.93. The Morgan fingerprint density at radius 1 is 1.14 bits per heavy atom. The van der Waals surface area contributed by atoms with Crippen LogP contribution in [0.2, 0.25) is 0 Å². The molecule has 0 spiro atoms. The van der Waals surface area contributed by atoms with Gasteiger partial charge in [0.2, 0.25) is 0 Å². The van der Waals surface area contributed by atoms with E-state index in [-0.39, 0.29) is 16.1 Å². The van der Waals surface area contributed by atoms with E-state index in [9.17, 15) is 13.2 Å².